The van der Waals surface area contributed by atoms with Crippen molar-refractivity contribution >= 4 is 34.8 Å². The van der Waals surface area contributed by atoms with Gasteiger partial charge in [-0.2, -0.15) is 13.2 Å². The van der Waals surface area contributed by atoms with Gasteiger partial charge in [-0.3, -0.25) is 4.79 Å². The van der Waals surface area contributed by atoms with Crippen molar-refractivity contribution in [3.8, 4) is 11.5 Å². The Bertz CT molecular complexity index is 1430. The molecule has 218 valence electrons. The summed E-state index contributed by atoms with van der Waals surface area (Å²) in [6.07, 6.45) is -1.72. The number of amidine groups is 1. The first-order valence-electron chi connectivity index (χ1n) is 12.1. The molecule has 14 heteroatoms. The Morgan fingerprint density at radius 1 is 1.15 bits per heavy atom. The molecule has 0 atom stereocenters. The van der Waals surface area contributed by atoms with Gasteiger partial charge in [0.05, 0.1) is 38.3 Å². The highest BCUT2D eigenvalue weighted by Gasteiger charge is 2.34. The van der Waals surface area contributed by atoms with Gasteiger partial charge >= 0.3 is 6.18 Å². The maximum Gasteiger partial charge on any atom is 0.420 e. The summed E-state index contributed by atoms with van der Waals surface area (Å²) in [5.41, 5.74) is 6.22. The smallest absolute Gasteiger partial charge is 0.420 e. The maximum atomic E-state index is 13.4. The van der Waals surface area contributed by atoms with Crippen molar-refractivity contribution in [1.82, 2.24) is 9.97 Å². The van der Waals surface area contributed by atoms with Crippen molar-refractivity contribution < 1.29 is 32.2 Å². The van der Waals surface area contributed by atoms with Crippen molar-refractivity contribution in [2.75, 3.05) is 57.1 Å². The molecule has 0 aliphatic heterocycles. The van der Waals surface area contributed by atoms with E-state index in [2.05, 4.69) is 32.2 Å². The summed E-state index contributed by atoms with van der Waals surface area (Å²) in [5, 5.41) is 5.37. The number of benzene rings is 2. The summed E-state index contributed by atoms with van der Waals surface area (Å²) in [4.78, 5) is 28.0. The molecule has 1 heterocycles. The summed E-state index contributed by atoms with van der Waals surface area (Å²) in [6.45, 7) is 4.62. The molecule has 0 saturated heterocycles. The van der Waals surface area contributed by atoms with E-state index < -0.39 is 17.6 Å². The van der Waals surface area contributed by atoms with Crippen molar-refractivity contribution in [2.24, 2.45) is 10.7 Å². The fourth-order valence-electron chi connectivity index (χ4n) is 3.61. The van der Waals surface area contributed by atoms with Crippen molar-refractivity contribution in [3.63, 3.8) is 0 Å². The van der Waals surface area contributed by atoms with Gasteiger partial charge in [-0.15, -0.1) is 0 Å². The van der Waals surface area contributed by atoms with Gasteiger partial charge in [0.1, 0.15) is 22.9 Å². The number of nitrogens with one attached hydrogen (secondary N) is 2. The number of aliphatic imine (C=N–C) groups is 1. The van der Waals surface area contributed by atoms with Crippen LogP contribution in [0.15, 0.2) is 60.4 Å². The number of amides is 1. The first-order valence-corrected chi connectivity index (χ1v) is 12.1. The standard InChI is InChI=1S/C27H30F3N7O4/c1-6-32-20-15-33-26(37(2)11-12-39-3)36-23(20)24(31)35-19-13-16(7-9-22(19)41-5)25(38)34-17-8-10-21(40-4)18(14-17)27(28,29)30/h6-10,13-15,32H,1,11-12H2,2-5H3,(H2,31,35)(H,34,38). The van der Waals surface area contributed by atoms with E-state index >= 15 is 0 Å². The number of halogens is 3. The fraction of sp³-hybridized carbons (Fsp3) is 0.259. The van der Waals surface area contributed by atoms with Crippen LogP contribution < -0.4 is 30.7 Å². The second-order valence-corrected chi connectivity index (χ2v) is 8.45. The van der Waals surface area contributed by atoms with E-state index in [9.17, 15) is 18.0 Å². The van der Waals surface area contributed by atoms with Crippen LogP contribution in [0.2, 0.25) is 0 Å². The number of nitrogens with zero attached hydrogens (tertiary/aromatic N) is 4. The van der Waals surface area contributed by atoms with Crippen molar-refractivity contribution in [1.29, 1.82) is 0 Å². The molecule has 11 nitrogen and oxygen atoms in total. The number of anilines is 3. The summed E-state index contributed by atoms with van der Waals surface area (Å²) < 4.78 is 55.5. The van der Waals surface area contributed by atoms with E-state index in [4.69, 9.17) is 19.9 Å². The highest BCUT2D eigenvalue weighted by Crippen LogP contribution is 2.38. The average molecular weight is 574 g/mol. The number of carbonyl (C=O) groups is 1. The summed E-state index contributed by atoms with van der Waals surface area (Å²) >= 11 is 0. The highest BCUT2D eigenvalue weighted by atomic mass is 19.4. The van der Waals surface area contributed by atoms with Gasteiger partial charge in [-0.05, 0) is 42.6 Å². The van der Waals surface area contributed by atoms with Gasteiger partial charge in [0.15, 0.2) is 5.84 Å². The monoisotopic (exact) mass is 573 g/mol. The lowest BCUT2D eigenvalue weighted by atomic mass is 10.1. The largest absolute Gasteiger partial charge is 0.496 e. The Hall–Kier alpha value is -4.85. The molecule has 1 aromatic heterocycles. The number of carbonyl (C=O) groups excluding carboxylic acids is 1. The number of methoxy groups -OCH3 is 3. The zero-order chi connectivity index (χ0) is 30.2. The second kappa shape index (κ2) is 13.5. The van der Waals surface area contributed by atoms with E-state index in [1.165, 1.54) is 43.8 Å². The van der Waals surface area contributed by atoms with E-state index in [1.54, 1.807) is 19.1 Å². The Balaban J connectivity index is 1.97. The van der Waals surface area contributed by atoms with E-state index in [1.807, 2.05) is 0 Å². The molecule has 0 aliphatic rings. The molecular weight excluding hydrogens is 543 g/mol. The zero-order valence-corrected chi connectivity index (χ0v) is 22.9. The van der Waals surface area contributed by atoms with Crippen LogP contribution in [-0.4, -0.2) is 63.2 Å². The minimum atomic E-state index is -4.68. The molecule has 0 saturated carbocycles. The molecule has 3 aromatic rings. The predicted molar refractivity (Wildman–Crippen MR) is 150 cm³/mol. The number of alkyl halides is 3. The van der Waals surface area contributed by atoms with E-state index in [-0.39, 0.29) is 40.0 Å². The molecule has 3 rings (SSSR count). The van der Waals surface area contributed by atoms with Crippen LogP contribution in [-0.2, 0) is 10.9 Å². The third-order valence-corrected chi connectivity index (χ3v) is 5.69. The average Bonchev–Trinajstić information content (AvgIpc) is 2.95. The minimum absolute atomic E-state index is 0.0287. The molecule has 0 unspecified atom stereocenters. The van der Waals surface area contributed by atoms with Crippen LogP contribution in [0.25, 0.3) is 0 Å². The minimum Gasteiger partial charge on any atom is -0.496 e. The summed E-state index contributed by atoms with van der Waals surface area (Å²) in [7, 11) is 5.92. The molecule has 0 spiro atoms. The predicted octanol–water partition coefficient (Wildman–Crippen LogP) is 4.44. The lowest BCUT2D eigenvalue weighted by Crippen LogP contribution is -2.26. The number of ether oxygens (including phenoxy) is 3. The van der Waals surface area contributed by atoms with Crippen LogP contribution in [0.4, 0.5) is 36.2 Å². The van der Waals surface area contributed by atoms with Gasteiger partial charge < -0.3 is 35.5 Å². The third kappa shape index (κ3) is 7.63. The molecule has 2 aromatic carbocycles. The summed E-state index contributed by atoms with van der Waals surface area (Å²) in [5.74, 6) is -0.422. The van der Waals surface area contributed by atoms with Crippen LogP contribution in [0.5, 0.6) is 11.5 Å². The SMILES string of the molecule is C=CNc1cnc(N(C)CCOC)nc1C(N)=Nc1cc(C(=O)Nc2ccc(OC)c(C(F)(F)F)c2)ccc1OC. The number of nitrogens with two attached hydrogens (primary N) is 1. The maximum absolute atomic E-state index is 13.4. The Kier molecular flexibility index (Phi) is 10.1. The van der Waals surface area contributed by atoms with Crippen molar-refractivity contribution in [2.45, 2.75) is 6.18 Å². The lowest BCUT2D eigenvalue weighted by Gasteiger charge is -2.18. The van der Waals surface area contributed by atoms with Gasteiger partial charge in [0.2, 0.25) is 5.95 Å². The Morgan fingerprint density at radius 2 is 1.85 bits per heavy atom. The molecule has 0 aliphatic carbocycles. The van der Waals surface area contributed by atoms with Crippen LogP contribution in [0.3, 0.4) is 0 Å². The zero-order valence-electron chi connectivity index (χ0n) is 22.9. The molecule has 0 radical (unpaired) electrons. The number of hydrogen-bond donors (Lipinski definition) is 3. The van der Waals surface area contributed by atoms with Crippen LogP contribution >= 0.6 is 0 Å². The fourth-order valence-corrected chi connectivity index (χ4v) is 3.61. The third-order valence-electron chi connectivity index (χ3n) is 5.69. The molecular formula is C27H30F3N7O4. The van der Waals surface area contributed by atoms with Gasteiger partial charge in [-0.25, -0.2) is 15.0 Å². The van der Waals surface area contributed by atoms with Gasteiger partial charge in [0, 0.05) is 32.0 Å². The van der Waals surface area contributed by atoms with Gasteiger partial charge in [-0.1, -0.05) is 6.58 Å². The Morgan fingerprint density at radius 3 is 2.49 bits per heavy atom. The quantitative estimate of drug-likeness (QED) is 0.212. The highest BCUT2D eigenvalue weighted by molar-refractivity contribution is 6.06. The first-order chi connectivity index (χ1) is 19.5. The number of likely N-dealkylation sites (N-methyl/N-ethyl adjacent to an activating group) is 1. The molecule has 1 amide bonds. The number of hydrogen-bond acceptors (Lipinski definition) is 9. The molecule has 0 bridgehead atoms. The normalized spacial score (nSPS) is 11.5. The Labute approximate surface area is 234 Å². The first kappa shape index (κ1) is 30.7. The van der Waals surface area contributed by atoms with Crippen molar-refractivity contribution in [3.05, 3.63) is 72.2 Å². The molecule has 4 N–H and O–H groups in total. The van der Waals surface area contributed by atoms with Crippen LogP contribution in [0.1, 0.15) is 21.6 Å². The molecule has 41 heavy (non-hydrogen) atoms. The topological polar surface area (TPSA) is 136 Å². The molecule has 0 fully saturated rings. The lowest BCUT2D eigenvalue weighted by molar-refractivity contribution is -0.138. The van der Waals surface area contributed by atoms with E-state index in [0.717, 1.165) is 19.2 Å². The van der Waals surface area contributed by atoms with Gasteiger partial charge in [0.25, 0.3) is 5.91 Å². The van der Waals surface area contributed by atoms with Crippen LogP contribution in [0, 0.1) is 0 Å². The van der Waals surface area contributed by atoms with E-state index in [0.29, 0.717) is 24.8 Å². The number of aromatic nitrogens is 2. The second-order valence-electron chi connectivity index (χ2n) is 8.45. The summed E-state index contributed by atoms with van der Waals surface area (Å²) in [6, 6.07) is 7.54. The number of rotatable bonds is 12.